The number of nitrogens with one attached hydrogen (secondary N) is 1. The number of hydrogen-bond donors (Lipinski definition) is 1. The Kier molecular flexibility index (Phi) is 6.14. The largest absolute Gasteiger partial charge is 0.370 e. The van der Waals surface area contributed by atoms with Crippen molar-refractivity contribution < 1.29 is 4.92 Å². The van der Waals surface area contributed by atoms with Gasteiger partial charge in [-0.1, -0.05) is 30.3 Å². The highest BCUT2D eigenvalue weighted by molar-refractivity contribution is 5.39. The monoisotopic (exact) mass is 355 g/mol. The Hall–Kier alpha value is -2.51. The van der Waals surface area contributed by atoms with Crippen LogP contribution in [0.2, 0.25) is 0 Å². The van der Waals surface area contributed by atoms with Crippen molar-refractivity contribution in [1.29, 1.82) is 0 Å². The highest BCUT2D eigenvalue weighted by Gasteiger charge is 2.25. The molecular formula is C19H25N5O2. The molecule has 0 spiro atoms. The molecule has 3 rings (SSSR count). The molecule has 1 saturated heterocycles. The minimum atomic E-state index is -0.437. The van der Waals surface area contributed by atoms with Gasteiger partial charge in [-0.15, -0.1) is 0 Å². The van der Waals surface area contributed by atoms with E-state index in [0.717, 1.165) is 39.1 Å². The molecule has 7 nitrogen and oxygen atoms in total. The minimum absolute atomic E-state index is 0.0127. The summed E-state index contributed by atoms with van der Waals surface area (Å²) in [6.07, 6.45) is 2.28. The highest BCUT2D eigenvalue weighted by Crippen LogP contribution is 2.24. The number of benzene rings is 1. The van der Waals surface area contributed by atoms with Crippen LogP contribution in [-0.4, -0.2) is 59.5 Å². The van der Waals surface area contributed by atoms with E-state index in [1.54, 1.807) is 6.07 Å². The summed E-state index contributed by atoms with van der Waals surface area (Å²) >= 11 is 0. The van der Waals surface area contributed by atoms with Crippen LogP contribution in [0, 0.1) is 10.1 Å². The number of piperazine rings is 1. The summed E-state index contributed by atoms with van der Waals surface area (Å²) in [6.45, 7) is 4.99. The Morgan fingerprint density at radius 2 is 2.04 bits per heavy atom. The summed E-state index contributed by atoms with van der Waals surface area (Å²) in [7, 11) is 2.18. The van der Waals surface area contributed by atoms with Crippen LogP contribution in [-0.2, 0) is 0 Å². The topological polar surface area (TPSA) is 74.5 Å². The number of nitro groups is 1. The smallest absolute Gasteiger partial charge is 0.287 e. The molecule has 1 atom stereocenters. The molecule has 1 aliphatic rings. The molecule has 1 aromatic carbocycles. The van der Waals surface area contributed by atoms with Gasteiger partial charge in [0.05, 0.1) is 4.92 Å². The molecule has 1 aromatic heterocycles. The van der Waals surface area contributed by atoms with Crippen molar-refractivity contribution in [2.24, 2.45) is 0 Å². The van der Waals surface area contributed by atoms with E-state index in [4.69, 9.17) is 0 Å². The lowest BCUT2D eigenvalue weighted by Gasteiger charge is -2.40. The fraction of sp³-hybridized carbons (Fsp3) is 0.421. The Bertz CT molecular complexity index is 708. The third-order valence-electron chi connectivity index (χ3n) is 4.77. The number of anilines is 1. The van der Waals surface area contributed by atoms with Gasteiger partial charge in [-0.2, -0.15) is 0 Å². The first-order valence-electron chi connectivity index (χ1n) is 8.95. The maximum Gasteiger partial charge on any atom is 0.287 e. The molecule has 1 N–H and O–H groups in total. The average Bonchev–Trinajstić information content (AvgIpc) is 2.67. The summed E-state index contributed by atoms with van der Waals surface area (Å²) in [5.41, 5.74) is 1.38. The summed E-state index contributed by atoms with van der Waals surface area (Å²) in [5.74, 6) is 0.675. The second-order valence-electron chi connectivity index (χ2n) is 6.66. The molecule has 0 bridgehead atoms. The number of likely N-dealkylation sites (N-methyl/N-ethyl adjacent to an activating group) is 1. The standard InChI is InChI=1S/C19H25N5O2/c1-22-12-13-23(18(15-22)16-6-3-2-4-7-16)11-5-10-20-19-9-8-17(14-21-19)24(25)26/h2-4,6-9,14,18H,5,10-13,15H2,1H3,(H,20,21)/t18-/m1/s1. The SMILES string of the molecule is CN1CCN(CCCNc2ccc([N+](=O)[O-])cn2)[C@@H](c2ccccc2)C1. The summed E-state index contributed by atoms with van der Waals surface area (Å²) in [5, 5.41) is 13.9. The van der Waals surface area contributed by atoms with Gasteiger partial charge in [0, 0.05) is 44.8 Å². The van der Waals surface area contributed by atoms with Gasteiger partial charge in [0.2, 0.25) is 0 Å². The molecule has 0 aliphatic carbocycles. The predicted molar refractivity (Wildman–Crippen MR) is 102 cm³/mol. The lowest BCUT2D eigenvalue weighted by atomic mass is 10.0. The molecule has 0 radical (unpaired) electrons. The molecule has 2 aromatic rings. The fourth-order valence-electron chi connectivity index (χ4n) is 3.31. The summed E-state index contributed by atoms with van der Waals surface area (Å²) < 4.78 is 0. The Balaban J connectivity index is 1.50. The normalized spacial score (nSPS) is 18.6. The molecule has 0 unspecified atom stereocenters. The lowest BCUT2D eigenvalue weighted by molar-refractivity contribution is -0.385. The lowest BCUT2D eigenvalue weighted by Crippen LogP contribution is -2.47. The maximum absolute atomic E-state index is 10.7. The molecular weight excluding hydrogens is 330 g/mol. The zero-order valence-corrected chi connectivity index (χ0v) is 15.0. The minimum Gasteiger partial charge on any atom is -0.370 e. The first-order valence-corrected chi connectivity index (χ1v) is 8.95. The van der Waals surface area contributed by atoms with Crippen molar-refractivity contribution in [1.82, 2.24) is 14.8 Å². The molecule has 138 valence electrons. The van der Waals surface area contributed by atoms with Gasteiger partial charge >= 0.3 is 0 Å². The van der Waals surface area contributed by atoms with Crippen molar-refractivity contribution >= 4 is 11.5 Å². The second kappa shape index (κ2) is 8.73. The first kappa shape index (κ1) is 18.3. The van der Waals surface area contributed by atoms with Gasteiger partial charge in [0.15, 0.2) is 0 Å². The first-order chi connectivity index (χ1) is 12.6. The van der Waals surface area contributed by atoms with E-state index in [0.29, 0.717) is 11.9 Å². The van der Waals surface area contributed by atoms with Crippen LogP contribution in [0.3, 0.4) is 0 Å². The van der Waals surface area contributed by atoms with Gasteiger partial charge < -0.3 is 10.2 Å². The van der Waals surface area contributed by atoms with Crippen LogP contribution in [0.5, 0.6) is 0 Å². The average molecular weight is 355 g/mol. The number of rotatable bonds is 7. The van der Waals surface area contributed by atoms with Gasteiger partial charge in [-0.25, -0.2) is 4.98 Å². The van der Waals surface area contributed by atoms with E-state index in [-0.39, 0.29) is 5.69 Å². The Labute approximate surface area is 153 Å². The van der Waals surface area contributed by atoms with Gasteiger partial charge in [0.1, 0.15) is 12.0 Å². The van der Waals surface area contributed by atoms with Gasteiger partial charge in [-0.3, -0.25) is 15.0 Å². The molecule has 2 heterocycles. The van der Waals surface area contributed by atoms with Crippen LogP contribution in [0.1, 0.15) is 18.0 Å². The van der Waals surface area contributed by atoms with Gasteiger partial charge in [0.25, 0.3) is 5.69 Å². The number of pyridine rings is 1. The molecule has 0 saturated carbocycles. The van der Waals surface area contributed by atoms with Crippen LogP contribution in [0.4, 0.5) is 11.5 Å². The van der Waals surface area contributed by atoms with E-state index >= 15 is 0 Å². The van der Waals surface area contributed by atoms with Gasteiger partial charge in [-0.05, 0) is 25.1 Å². The van der Waals surface area contributed by atoms with Crippen molar-refractivity contribution in [3.8, 4) is 0 Å². The van der Waals surface area contributed by atoms with E-state index in [1.807, 2.05) is 0 Å². The zero-order valence-electron chi connectivity index (χ0n) is 15.0. The van der Waals surface area contributed by atoms with E-state index < -0.39 is 4.92 Å². The van der Waals surface area contributed by atoms with Crippen LogP contribution in [0.25, 0.3) is 0 Å². The van der Waals surface area contributed by atoms with E-state index in [2.05, 4.69) is 57.5 Å². The van der Waals surface area contributed by atoms with E-state index in [1.165, 1.54) is 17.8 Å². The molecule has 1 fully saturated rings. The van der Waals surface area contributed by atoms with Crippen molar-refractivity contribution in [2.75, 3.05) is 45.1 Å². The molecule has 7 heteroatoms. The van der Waals surface area contributed by atoms with Crippen LogP contribution >= 0.6 is 0 Å². The molecule has 26 heavy (non-hydrogen) atoms. The summed E-state index contributed by atoms with van der Waals surface area (Å²) in [6, 6.07) is 14.2. The molecule has 0 amide bonds. The number of hydrogen-bond acceptors (Lipinski definition) is 6. The maximum atomic E-state index is 10.7. The Morgan fingerprint density at radius 1 is 1.23 bits per heavy atom. The predicted octanol–water partition coefficient (Wildman–Crippen LogP) is 2.78. The Morgan fingerprint density at radius 3 is 2.73 bits per heavy atom. The third-order valence-corrected chi connectivity index (χ3v) is 4.77. The van der Waals surface area contributed by atoms with E-state index in [9.17, 15) is 10.1 Å². The van der Waals surface area contributed by atoms with Crippen molar-refractivity contribution in [2.45, 2.75) is 12.5 Å². The molecule has 1 aliphatic heterocycles. The van der Waals surface area contributed by atoms with Crippen LogP contribution in [0.15, 0.2) is 48.7 Å². The fourth-order valence-corrected chi connectivity index (χ4v) is 3.31. The van der Waals surface area contributed by atoms with Crippen LogP contribution < -0.4 is 5.32 Å². The highest BCUT2D eigenvalue weighted by atomic mass is 16.6. The number of nitrogens with zero attached hydrogens (tertiary/aromatic N) is 4. The number of aromatic nitrogens is 1. The summed E-state index contributed by atoms with van der Waals surface area (Å²) in [4.78, 5) is 19.2. The van der Waals surface area contributed by atoms with Crippen molar-refractivity contribution in [3.63, 3.8) is 0 Å². The second-order valence-corrected chi connectivity index (χ2v) is 6.66. The third kappa shape index (κ3) is 4.77. The van der Waals surface area contributed by atoms with Crippen molar-refractivity contribution in [3.05, 3.63) is 64.3 Å². The quantitative estimate of drug-likeness (QED) is 0.468. The zero-order chi connectivity index (χ0) is 18.4.